The van der Waals surface area contributed by atoms with Crippen molar-refractivity contribution in [1.29, 1.82) is 0 Å². The number of para-hydroxylation sites is 1. The number of pyridine rings is 1. The first kappa shape index (κ1) is 17.9. The standard InChI is InChI=1S/C18H22BN3O2/c1-4-5-10-22-13(3)12(2)11-16(17(22)23)21-18(24)20-15-9-7-6-8-14(15)19/h6-9,11H,4-5,10H2,1-3H3,(H2,20,21,24). The van der Waals surface area contributed by atoms with Gasteiger partial charge in [0, 0.05) is 17.9 Å². The van der Waals surface area contributed by atoms with Gasteiger partial charge < -0.3 is 15.2 Å². The summed E-state index contributed by atoms with van der Waals surface area (Å²) in [7, 11) is 5.81. The summed E-state index contributed by atoms with van der Waals surface area (Å²) in [6.45, 7) is 6.56. The van der Waals surface area contributed by atoms with Gasteiger partial charge in [0.2, 0.25) is 0 Å². The number of nitrogens with one attached hydrogen (secondary N) is 2. The van der Waals surface area contributed by atoms with Gasteiger partial charge in [-0.15, -0.1) is 0 Å². The minimum absolute atomic E-state index is 0.192. The summed E-state index contributed by atoms with van der Waals surface area (Å²) in [6, 6.07) is 8.18. The first-order chi connectivity index (χ1) is 11.4. The Morgan fingerprint density at radius 2 is 1.83 bits per heavy atom. The zero-order chi connectivity index (χ0) is 17.7. The molecule has 0 unspecified atom stereocenters. The fraction of sp³-hybridized carbons (Fsp3) is 0.333. The Labute approximate surface area is 143 Å². The number of hydrogen-bond acceptors (Lipinski definition) is 2. The van der Waals surface area contributed by atoms with Crippen LogP contribution in [0.2, 0.25) is 0 Å². The molecule has 0 spiro atoms. The van der Waals surface area contributed by atoms with Crippen LogP contribution in [0.4, 0.5) is 16.2 Å². The molecule has 0 aliphatic rings. The molecule has 2 N–H and O–H groups in total. The third-order valence-electron chi connectivity index (χ3n) is 4.00. The number of carbonyl (C=O) groups is 1. The number of hydrogen-bond donors (Lipinski definition) is 2. The maximum absolute atomic E-state index is 12.6. The molecule has 0 aliphatic carbocycles. The zero-order valence-electron chi connectivity index (χ0n) is 14.3. The molecular weight excluding hydrogens is 301 g/mol. The molecule has 24 heavy (non-hydrogen) atoms. The number of rotatable bonds is 5. The molecule has 2 amide bonds. The van der Waals surface area contributed by atoms with Crippen LogP contribution in [-0.2, 0) is 6.54 Å². The van der Waals surface area contributed by atoms with Gasteiger partial charge in [0.25, 0.3) is 5.56 Å². The highest BCUT2D eigenvalue weighted by Crippen LogP contribution is 2.12. The highest BCUT2D eigenvalue weighted by molar-refractivity contribution is 6.36. The maximum atomic E-state index is 12.6. The predicted octanol–water partition coefficient (Wildman–Crippen LogP) is 2.70. The third-order valence-corrected chi connectivity index (χ3v) is 4.00. The van der Waals surface area contributed by atoms with E-state index in [1.807, 2.05) is 13.8 Å². The van der Waals surface area contributed by atoms with E-state index < -0.39 is 6.03 Å². The summed E-state index contributed by atoms with van der Waals surface area (Å²) in [5, 5.41) is 5.29. The van der Waals surface area contributed by atoms with E-state index in [4.69, 9.17) is 7.85 Å². The van der Waals surface area contributed by atoms with E-state index in [0.717, 1.165) is 24.1 Å². The van der Waals surface area contributed by atoms with E-state index >= 15 is 0 Å². The van der Waals surface area contributed by atoms with E-state index in [0.29, 0.717) is 17.7 Å². The first-order valence-electron chi connectivity index (χ1n) is 8.07. The average molecular weight is 323 g/mol. The Bertz CT molecular complexity index is 799. The van der Waals surface area contributed by atoms with Crippen LogP contribution in [0.25, 0.3) is 0 Å². The van der Waals surface area contributed by atoms with Crippen LogP contribution in [0.5, 0.6) is 0 Å². The molecule has 0 aliphatic heterocycles. The number of benzene rings is 1. The second kappa shape index (κ2) is 7.86. The van der Waals surface area contributed by atoms with E-state index in [1.54, 1.807) is 34.9 Å². The summed E-state index contributed by atoms with van der Waals surface area (Å²) in [6.07, 6.45) is 1.91. The van der Waals surface area contributed by atoms with Crippen molar-refractivity contribution in [3.05, 3.63) is 51.9 Å². The third kappa shape index (κ3) is 4.07. The molecule has 2 aromatic rings. The lowest BCUT2D eigenvalue weighted by molar-refractivity contribution is 0.262. The maximum Gasteiger partial charge on any atom is 0.323 e. The Morgan fingerprint density at radius 3 is 2.50 bits per heavy atom. The minimum atomic E-state index is -0.490. The molecule has 124 valence electrons. The van der Waals surface area contributed by atoms with Crippen LogP contribution in [0, 0.1) is 13.8 Å². The molecule has 2 radical (unpaired) electrons. The molecule has 0 saturated carbocycles. The Balaban J connectivity index is 2.23. The van der Waals surface area contributed by atoms with Crippen molar-refractivity contribution in [3.8, 4) is 0 Å². The van der Waals surface area contributed by atoms with Gasteiger partial charge in [0.1, 0.15) is 13.5 Å². The van der Waals surface area contributed by atoms with Crippen molar-refractivity contribution in [2.45, 2.75) is 40.2 Å². The smallest absolute Gasteiger partial charge is 0.311 e. The summed E-state index contributed by atoms with van der Waals surface area (Å²) in [5.74, 6) is 0. The number of amides is 2. The second-order valence-corrected chi connectivity index (χ2v) is 5.80. The molecular formula is C18H22BN3O2. The highest BCUT2D eigenvalue weighted by Gasteiger charge is 2.12. The highest BCUT2D eigenvalue weighted by atomic mass is 16.2. The van der Waals surface area contributed by atoms with Crippen molar-refractivity contribution in [1.82, 2.24) is 4.57 Å². The van der Waals surface area contributed by atoms with Crippen LogP contribution in [0.1, 0.15) is 31.0 Å². The number of aryl methyl sites for hydroxylation is 1. The summed E-state index contributed by atoms with van der Waals surface area (Å²) >= 11 is 0. The topological polar surface area (TPSA) is 63.1 Å². The predicted molar refractivity (Wildman–Crippen MR) is 99.6 cm³/mol. The van der Waals surface area contributed by atoms with E-state index in [1.165, 1.54) is 0 Å². The van der Waals surface area contributed by atoms with Gasteiger partial charge in [-0.1, -0.05) is 37.0 Å². The lowest BCUT2D eigenvalue weighted by atomic mass is 9.94. The molecule has 1 heterocycles. The second-order valence-electron chi connectivity index (χ2n) is 5.80. The number of aromatic nitrogens is 1. The van der Waals surface area contributed by atoms with E-state index in [-0.39, 0.29) is 11.2 Å². The van der Waals surface area contributed by atoms with Gasteiger partial charge in [0.05, 0.1) is 0 Å². The summed E-state index contributed by atoms with van der Waals surface area (Å²) < 4.78 is 1.71. The van der Waals surface area contributed by atoms with Crippen molar-refractivity contribution in [3.63, 3.8) is 0 Å². The molecule has 0 atom stereocenters. The fourth-order valence-corrected chi connectivity index (χ4v) is 2.46. The van der Waals surface area contributed by atoms with Crippen molar-refractivity contribution >= 4 is 30.7 Å². The van der Waals surface area contributed by atoms with E-state index in [2.05, 4.69) is 17.6 Å². The largest absolute Gasteiger partial charge is 0.323 e. The monoisotopic (exact) mass is 323 g/mol. The number of nitrogens with zero attached hydrogens (tertiary/aromatic N) is 1. The van der Waals surface area contributed by atoms with Gasteiger partial charge >= 0.3 is 6.03 Å². The van der Waals surface area contributed by atoms with Gasteiger partial charge in [0.15, 0.2) is 0 Å². The molecule has 0 fully saturated rings. The molecule has 0 saturated heterocycles. The van der Waals surface area contributed by atoms with Crippen LogP contribution in [-0.4, -0.2) is 18.4 Å². The number of carbonyl (C=O) groups excluding carboxylic acids is 1. The number of unbranched alkanes of at least 4 members (excludes halogenated alkanes) is 1. The van der Waals surface area contributed by atoms with Crippen molar-refractivity contribution in [2.75, 3.05) is 10.6 Å². The van der Waals surface area contributed by atoms with Gasteiger partial charge in [-0.05, 0) is 38.0 Å². The normalized spacial score (nSPS) is 10.5. The quantitative estimate of drug-likeness (QED) is 0.831. The average Bonchev–Trinajstić information content (AvgIpc) is 2.55. The molecule has 1 aromatic carbocycles. The summed E-state index contributed by atoms with van der Waals surface area (Å²) in [5.41, 5.74) is 2.93. The Kier molecular flexibility index (Phi) is 5.85. The number of anilines is 2. The number of urea groups is 1. The molecule has 5 nitrogen and oxygen atoms in total. The van der Waals surface area contributed by atoms with Gasteiger partial charge in [-0.3, -0.25) is 4.79 Å². The van der Waals surface area contributed by atoms with Crippen LogP contribution in [0.15, 0.2) is 35.1 Å². The fourth-order valence-electron chi connectivity index (χ4n) is 2.46. The first-order valence-corrected chi connectivity index (χ1v) is 8.07. The van der Waals surface area contributed by atoms with Crippen LogP contribution < -0.4 is 21.7 Å². The molecule has 2 rings (SSSR count). The van der Waals surface area contributed by atoms with Crippen LogP contribution in [0.3, 0.4) is 0 Å². The molecule has 1 aromatic heterocycles. The SMILES string of the molecule is [B]c1ccccc1NC(=O)Nc1cc(C)c(C)n(CCCC)c1=O. The van der Waals surface area contributed by atoms with Crippen molar-refractivity contribution in [2.24, 2.45) is 0 Å². The summed E-state index contributed by atoms with van der Waals surface area (Å²) in [4.78, 5) is 24.8. The van der Waals surface area contributed by atoms with Crippen molar-refractivity contribution < 1.29 is 4.79 Å². The molecule has 6 heteroatoms. The lowest BCUT2D eigenvalue weighted by Crippen LogP contribution is -2.31. The Hall–Kier alpha value is -2.50. The van der Waals surface area contributed by atoms with Crippen LogP contribution >= 0.6 is 0 Å². The lowest BCUT2D eigenvalue weighted by Gasteiger charge is -2.15. The zero-order valence-corrected chi connectivity index (χ0v) is 14.3. The van der Waals surface area contributed by atoms with Gasteiger partial charge in [-0.2, -0.15) is 0 Å². The van der Waals surface area contributed by atoms with E-state index in [9.17, 15) is 9.59 Å². The molecule has 0 bridgehead atoms. The Morgan fingerprint density at radius 1 is 1.17 bits per heavy atom. The minimum Gasteiger partial charge on any atom is -0.311 e. The van der Waals surface area contributed by atoms with Gasteiger partial charge in [-0.25, -0.2) is 4.79 Å².